The molecule has 122 valence electrons. The largest absolute Gasteiger partial charge is 0.381 e. The van der Waals surface area contributed by atoms with Gasteiger partial charge in [0.2, 0.25) is 0 Å². The molecule has 1 aromatic heterocycles. The highest BCUT2D eigenvalue weighted by atomic mass is 16.5. The predicted molar refractivity (Wildman–Crippen MR) is 90.1 cm³/mol. The summed E-state index contributed by atoms with van der Waals surface area (Å²) in [7, 11) is 0. The average Bonchev–Trinajstić information content (AvgIpc) is 2.57. The van der Waals surface area contributed by atoms with Crippen LogP contribution >= 0.6 is 0 Å². The Labute approximate surface area is 134 Å². The Bertz CT molecular complexity index is 449. The van der Waals surface area contributed by atoms with Crippen molar-refractivity contribution >= 4 is 0 Å². The van der Waals surface area contributed by atoms with E-state index in [9.17, 15) is 0 Å². The molecule has 0 spiro atoms. The first-order valence-electron chi connectivity index (χ1n) is 9.04. The molecule has 3 rings (SSSR count). The summed E-state index contributed by atoms with van der Waals surface area (Å²) in [5, 5.41) is 3.73. The molecule has 1 aliphatic heterocycles. The summed E-state index contributed by atoms with van der Waals surface area (Å²) in [6, 6.07) is 2.85. The fraction of sp³-hybridized carbons (Fsp3) is 0.737. The van der Waals surface area contributed by atoms with Gasteiger partial charge in [-0.25, -0.2) is 0 Å². The second kappa shape index (κ2) is 8.07. The monoisotopic (exact) mass is 302 g/mol. The maximum atomic E-state index is 5.41. The van der Waals surface area contributed by atoms with Crippen molar-refractivity contribution in [3.63, 3.8) is 0 Å². The number of hydrogen-bond acceptors (Lipinski definition) is 3. The molecule has 1 N–H and O–H groups in total. The Morgan fingerprint density at radius 3 is 2.64 bits per heavy atom. The van der Waals surface area contributed by atoms with Crippen LogP contribution in [-0.2, 0) is 4.74 Å². The van der Waals surface area contributed by atoms with E-state index in [0.717, 1.165) is 25.0 Å². The van der Waals surface area contributed by atoms with Gasteiger partial charge in [0.1, 0.15) is 0 Å². The zero-order valence-electron chi connectivity index (χ0n) is 13.9. The number of nitrogens with one attached hydrogen (secondary N) is 1. The average molecular weight is 302 g/mol. The van der Waals surface area contributed by atoms with Crippen molar-refractivity contribution in [3.05, 3.63) is 29.6 Å². The number of ether oxygens (including phenoxy) is 1. The van der Waals surface area contributed by atoms with Gasteiger partial charge in [-0.2, -0.15) is 0 Å². The Hall–Kier alpha value is -0.930. The molecule has 1 saturated carbocycles. The van der Waals surface area contributed by atoms with E-state index in [4.69, 9.17) is 4.74 Å². The van der Waals surface area contributed by atoms with Gasteiger partial charge < -0.3 is 10.1 Å². The van der Waals surface area contributed by atoms with E-state index in [0.29, 0.717) is 6.04 Å². The number of nitrogens with zero attached hydrogens (tertiary/aromatic N) is 1. The molecule has 0 aromatic carbocycles. The zero-order chi connectivity index (χ0) is 15.2. The van der Waals surface area contributed by atoms with Gasteiger partial charge in [0, 0.05) is 31.6 Å². The van der Waals surface area contributed by atoms with E-state index in [1.807, 2.05) is 6.20 Å². The molecular formula is C19H30N2O. The third kappa shape index (κ3) is 4.30. The number of aryl methyl sites for hydroxylation is 1. The molecule has 1 saturated heterocycles. The van der Waals surface area contributed by atoms with Crippen molar-refractivity contribution in [3.8, 4) is 0 Å². The molecule has 3 nitrogen and oxygen atoms in total. The Morgan fingerprint density at radius 1 is 1.14 bits per heavy atom. The van der Waals surface area contributed by atoms with E-state index < -0.39 is 0 Å². The molecule has 2 fully saturated rings. The molecule has 2 aliphatic rings. The predicted octanol–water partition coefficient (Wildman–Crippen LogP) is 3.82. The summed E-state index contributed by atoms with van der Waals surface area (Å²) >= 11 is 0. The van der Waals surface area contributed by atoms with Gasteiger partial charge in [-0.05, 0) is 87.4 Å². The van der Waals surface area contributed by atoms with Crippen LogP contribution in [0.15, 0.2) is 18.5 Å². The minimum absolute atomic E-state index is 0.697. The van der Waals surface area contributed by atoms with Crippen LogP contribution < -0.4 is 5.32 Å². The summed E-state index contributed by atoms with van der Waals surface area (Å²) in [6.07, 6.45) is 13.2. The van der Waals surface area contributed by atoms with Crippen LogP contribution in [-0.4, -0.2) is 30.8 Å². The second-order valence-corrected chi connectivity index (χ2v) is 7.08. The van der Waals surface area contributed by atoms with Crippen molar-refractivity contribution in [2.45, 2.75) is 63.8 Å². The fourth-order valence-corrected chi connectivity index (χ4v) is 4.06. The summed E-state index contributed by atoms with van der Waals surface area (Å²) in [5.74, 6) is 1.66. The minimum atomic E-state index is 0.697. The minimum Gasteiger partial charge on any atom is -0.381 e. The first-order valence-corrected chi connectivity index (χ1v) is 9.04. The lowest BCUT2D eigenvalue weighted by Crippen LogP contribution is -2.36. The van der Waals surface area contributed by atoms with E-state index in [1.165, 1.54) is 62.6 Å². The molecule has 0 amide bonds. The highest BCUT2D eigenvalue weighted by molar-refractivity contribution is 5.25. The Morgan fingerprint density at radius 2 is 1.91 bits per heavy atom. The van der Waals surface area contributed by atoms with E-state index in [2.05, 4.69) is 29.5 Å². The van der Waals surface area contributed by atoms with Crippen molar-refractivity contribution in [1.29, 1.82) is 0 Å². The number of aromatic nitrogens is 1. The number of rotatable bonds is 5. The van der Waals surface area contributed by atoms with Gasteiger partial charge >= 0.3 is 0 Å². The first-order chi connectivity index (χ1) is 10.8. The lowest BCUT2D eigenvalue weighted by molar-refractivity contribution is 0.0775. The van der Waals surface area contributed by atoms with Crippen molar-refractivity contribution in [2.24, 2.45) is 5.92 Å². The van der Waals surface area contributed by atoms with Crippen LogP contribution in [0.4, 0.5) is 0 Å². The molecule has 0 radical (unpaired) electrons. The van der Waals surface area contributed by atoms with Gasteiger partial charge in [-0.15, -0.1) is 0 Å². The zero-order valence-corrected chi connectivity index (χ0v) is 13.9. The fourth-order valence-electron chi connectivity index (χ4n) is 4.06. The standard InChI is InChI=1S/C19H30N2O/c1-15-6-10-20-14-19(15)17-4-2-16(3-5-17)7-11-21-18-8-12-22-13-9-18/h6,10,14,16-18,21H,2-5,7-9,11-13H2,1H3. The quantitative estimate of drug-likeness (QED) is 0.898. The van der Waals surface area contributed by atoms with E-state index in [1.54, 1.807) is 0 Å². The molecule has 0 bridgehead atoms. The third-order valence-electron chi connectivity index (χ3n) is 5.57. The van der Waals surface area contributed by atoms with E-state index in [-0.39, 0.29) is 0 Å². The molecule has 0 atom stereocenters. The van der Waals surface area contributed by atoms with Crippen LogP contribution in [0.25, 0.3) is 0 Å². The summed E-state index contributed by atoms with van der Waals surface area (Å²) in [4.78, 5) is 4.32. The smallest absolute Gasteiger partial charge is 0.0480 e. The van der Waals surface area contributed by atoms with Gasteiger partial charge in [0.25, 0.3) is 0 Å². The van der Waals surface area contributed by atoms with Gasteiger partial charge in [-0.3, -0.25) is 4.98 Å². The summed E-state index contributed by atoms with van der Waals surface area (Å²) < 4.78 is 5.41. The third-order valence-corrected chi connectivity index (χ3v) is 5.57. The van der Waals surface area contributed by atoms with E-state index >= 15 is 0 Å². The molecule has 1 aliphatic carbocycles. The summed E-state index contributed by atoms with van der Waals surface area (Å²) in [6.45, 7) is 5.29. The first kappa shape index (κ1) is 15.9. The van der Waals surface area contributed by atoms with Crippen LogP contribution in [0.2, 0.25) is 0 Å². The van der Waals surface area contributed by atoms with Crippen molar-refractivity contribution < 1.29 is 4.74 Å². The number of hydrogen-bond donors (Lipinski definition) is 1. The van der Waals surface area contributed by atoms with Gasteiger partial charge in [-0.1, -0.05) is 0 Å². The highest BCUT2D eigenvalue weighted by Crippen LogP contribution is 2.37. The lowest BCUT2D eigenvalue weighted by Gasteiger charge is -2.30. The van der Waals surface area contributed by atoms with Crippen molar-refractivity contribution in [2.75, 3.05) is 19.8 Å². The SMILES string of the molecule is Cc1ccncc1C1CCC(CCNC2CCOCC2)CC1. The van der Waals surface area contributed by atoms with Crippen molar-refractivity contribution in [1.82, 2.24) is 10.3 Å². The normalized spacial score (nSPS) is 27.0. The second-order valence-electron chi connectivity index (χ2n) is 7.08. The summed E-state index contributed by atoms with van der Waals surface area (Å²) in [5.41, 5.74) is 2.90. The maximum absolute atomic E-state index is 5.41. The highest BCUT2D eigenvalue weighted by Gasteiger charge is 2.23. The Balaban J connectivity index is 1.37. The number of pyridine rings is 1. The van der Waals surface area contributed by atoms with Crippen LogP contribution in [0.1, 0.15) is 62.0 Å². The topological polar surface area (TPSA) is 34.2 Å². The van der Waals surface area contributed by atoms with Crippen LogP contribution in [0.5, 0.6) is 0 Å². The van der Waals surface area contributed by atoms with Crippen LogP contribution in [0.3, 0.4) is 0 Å². The van der Waals surface area contributed by atoms with Crippen LogP contribution in [0, 0.1) is 12.8 Å². The molecule has 2 heterocycles. The Kier molecular flexibility index (Phi) is 5.85. The van der Waals surface area contributed by atoms with Gasteiger partial charge in [0.05, 0.1) is 0 Å². The molecule has 1 aromatic rings. The molecular weight excluding hydrogens is 272 g/mol. The molecule has 22 heavy (non-hydrogen) atoms. The van der Waals surface area contributed by atoms with Gasteiger partial charge in [0.15, 0.2) is 0 Å². The molecule has 0 unspecified atom stereocenters. The maximum Gasteiger partial charge on any atom is 0.0480 e. The lowest BCUT2D eigenvalue weighted by atomic mass is 9.77. The molecule has 3 heteroatoms.